The number of aryl methyl sites for hydroxylation is 2. The molecule has 0 spiro atoms. The summed E-state index contributed by atoms with van der Waals surface area (Å²) >= 11 is 0. The molecule has 0 bridgehead atoms. The van der Waals surface area contributed by atoms with Crippen LogP contribution < -0.4 is 4.90 Å². The Bertz CT molecular complexity index is 930. The van der Waals surface area contributed by atoms with E-state index in [-0.39, 0.29) is 6.04 Å². The minimum Gasteiger partial charge on any atom is -0.368 e. The molecule has 1 fully saturated rings. The lowest BCUT2D eigenvalue weighted by Gasteiger charge is -2.38. The molecule has 0 saturated carbocycles. The Labute approximate surface area is 166 Å². The van der Waals surface area contributed by atoms with Crippen molar-refractivity contribution in [1.29, 1.82) is 0 Å². The minimum atomic E-state index is 0.153. The van der Waals surface area contributed by atoms with Gasteiger partial charge in [-0.1, -0.05) is 43.6 Å². The zero-order valence-electron chi connectivity index (χ0n) is 17.1. The van der Waals surface area contributed by atoms with Gasteiger partial charge in [0.2, 0.25) is 5.89 Å². The minimum absolute atomic E-state index is 0.153. The Morgan fingerprint density at radius 1 is 1.07 bits per heavy atom. The molecule has 1 aliphatic heterocycles. The Hall–Kier alpha value is -2.47. The number of hydrogen-bond acceptors (Lipinski definition) is 6. The van der Waals surface area contributed by atoms with E-state index in [2.05, 4.69) is 64.1 Å². The maximum Gasteiger partial charge on any atom is 0.243 e. The third kappa shape index (κ3) is 3.74. The van der Waals surface area contributed by atoms with E-state index in [1.807, 2.05) is 6.92 Å². The maximum absolute atomic E-state index is 5.46. The molecule has 0 radical (unpaired) electrons. The van der Waals surface area contributed by atoms with Crippen LogP contribution in [0.2, 0.25) is 0 Å². The smallest absolute Gasteiger partial charge is 0.243 e. The van der Waals surface area contributed by atoms with Crippen LogP contribution in [0.15, 0.2) is 34.9 Å². The first-order valence-electron chi connectivity index (χ1n) is 10.4. The third-order valence-electron chi connectivity index (χ3n) is 5.61. The third-order valence-corrected chi connectivity index (χ3v) is 5.61. The highest BCUT2D eigenvalue weighted by molar-refractivity contribution is 5.92. The molecule has 1 aromatic carbocycles. The largest absolute Gasteiger partial charge is 0.368 e. The predicted octanol–water partition coefficient (Wildman–Crippen LogP) is 4.02. The van der Waals surface area contributed by atoms with Crippen molar-refractivity contribution in [2.45, 2.75) is 46.1 Å². The zero-order valence-corrected chi connectivity index (χ0v) is 17.1. The highest BCUT2D eigenvalue weighted by Crippen LogP contribution is 2.29. The van der Waals surface area contributed by atoms with E-state index in [9.17, 15) is 0 Å². The summed E-state index contributed by atoms with van der Waals surface area (Å²) in [5, 5.41) is 5.29. The second-order valence-corrected chi connectivity index (χ2v) is 7.50. The number of piperazine rings is 1. The van der Waals surface area contributed by atoms with Crippen molar-refractivity contribution in [2.75, 3.05) is 31.1 Å². The van der Waals surface area contributed by atoms with Gasteiger partial charge in [-0.2, -0.15) is 4.98 Å². The predicted molar refractivity (Wildman–Crippen MR) is 112 cm³/mol. The second-order valence-electron chi connectivity index (χ2n) is 7.50. The molecule has 0 N–H and O–H groups in total. The number of anilines is 1. The van der Waals surface area contributed by atoms with Gasteiger partial charge in [-0.15, -0.1) is 0 Å². The number of rotatable bonds is 6. The molecular weight excluding hydrogens is 350 g/mol. The van der Waals surface area contributed by atoms with Gasteiger partial charge in [0.25, 0.3) is 0 Å². The van der Waals surface area contributed by atoms with Crippen molar-refractivity contribution in [3.05, 3.63) is 47.7 Å². The molecule has 0 aliphatic carbocycles. The first-order valence-corrected chi connectivity index (χ1v) is 10.4. The van der Waals surface area contributed by atoms with Crippen LogP contribution in [0.5, 0.6) is 0 Å². The van der Waals surface area contributed by atoms with Gasteiger partial charge in [0.15, 0.2) is 5.82 Å². The standard InChI is InChI=1S/C22H29N5O/c1-4-8-17-15-20(18-9-6-7-10-19(18)23-17)27-13-11-26(12-14-27)16(3)22-24-21(5-2)25-28-22/h6-7,9-10,15-16H,4-5,8,11-14H2,1-3H3. The number of pyridine rings is 1. The fourth-order valence-electron chi connectivity index (χ4n) is 3.94. The summed E-state index contributed by atoms with van der Waals surface area (Å²) in [6.07, 6.45) is 2.94. The lowest BCUT2D eigenvalue weighted by Crippen LogP contribution is -2.47. The number of fused-ring (bicyclic) bond motifs is 1. The van der Waals surface area contributed by atoms with E-state index in [1.165, 1.54) is 16.8 Å². The van der Waals surface area contributed by atoms with Crippen LogP contribution in [-0.2, 0) is 12.8 Å². The van der Waals surface area contributed by atoms with Crippen molar-refractivity contribution in [1.82, 2.24) is 20.0 Å². The normalized spacial score (nSPS) is 16.6. The molecule has 1 unspecified atom stereocenters. The van der Waals surface area contributed by atoms with E-state index in [0.29, 0.717) is 0 Å². The number of nitrogens with zero attached hydrogens (tertiary/aromatic N) is 5. The first kappa shape index (κ1) is 18.9. The molecule has 6 heteroatoms. The topological polar surface area (TPSA) is 58.3 Å². The SMILES string of the molecule is CCCc1cc(N2CCN(C(C)c3nc(CC)no3)CC2)c2ccccc2n1. The van der Waals surface area contributed by atoms with E-state index < -0.39 is 0 Å². The number of para-hydroxylation sites is 1. The summed E-state index contributed by atoms with van der Waals surface area (Å²) in [6, 6.07) is 10.9. The Balaban J connectivity index is 1.52. The van der Waals surface area contributed by atoms with Gasteiger partial charge in [0.05, 0.1) is 11.6 Å². The van der Waals surface area contributed by atoms with Crippen molar-refractivity contribution < 1.29 is 4.52 Å². The number of hydrogen-bond donors (Lipinski definition) is 0. The van der Waals surface area contributed by atoms with Crippen LogP contribution in [0.3, 0.4) is 0 Å². The van der Waals surface area contributed by atoms with E-state index >= 15 is 0 Å². The fraction of sp³-hybridized carbons (Fsp3) is 0.500. The molecule has 1 atom stereocenters. The van der Waals surface area contributed by atoms with E-state index in [0.717, 1.165) is 62.7 Å². The van der Waals surface area contributed by atoms with Gasteiger partial charge in [-0.25, -0.2) is 0 Å². The lowest BCUT2D eigenvalue weighted by atomic mass is 10.1. The Kier molecular flexibility index (Phi) is 5.57. The van der Waals surface area contributed by atoms with Crippen LogP contribution in [-0.4, -0.2) is 46.2 Å². The quantitative estimate of drug-likeness (QED) is 0.645. The molecule has 1 aliphatic rings. The molecule has 3 heterocycles. The maximum atomic E-state index is 5.46. The van der Waals surface area contributed by atoms with Crippen LogP contribution in [0.4, 0.5) is 5.69 Å². The average Bonchev–Trinajstić information content (AvgIpc) is 3.22. The van der Waals surface area contributed by atoms with Crippen molar-refractivity contribution in [3.63, 3.8) is 0 Å². The molecule has 148 valence electrons. The van der Waals surface area contributed by atoms with Crippen LogP contribution in [0, 0.1) is 0 Å². The van der Waals surface area contributed by atoms with Crippen LogP contribution >= 0.6 is 0 Å². The van der Waals surface area contributed by atoms with Crippen molar-refractivity contribution >= 4 is 16.6 Å². The van der Waals surface area contributed by atoms with Gasteiger partial charge < -0.3 is 9.42 Å². The first-order chi connectivity index (χ1) is 13.7. The van der Waals surface area contributed by atoms with Crippen molar-refractivity contribution in [2.24, 2.45) is 0 Å². The van der Waals surface area contributed by atoms with Gasteiger partial charge in [-0.05, 0) is 25.5 Å². The summed E-state index contributed by atoms with van der Waals surface area (Å²) in [5.41, 5.74) is 3.59. The van der Waals surface area contributed by atoms with E-state index in [4.69, 9.17) is 9.51 Å². The summed E-state index contributed by atoms with van der Waals surface area (Å²) in [4.78, 5) is 14.3. The van der Waals surface area contributed by atoms with Crippen LogP contribution in [0.1, 0.15) is 50.6 Å². The Morgan fingerprint density at radius 2 is 1.86 bits per heavy atom. The second kappa shape index (κ2) is 8.27. The summed E-state index contributed by atoms with van der Waals surface area (Å²) in [7, 11) is 0. The summed E-state index contributed by atoms with van der Waals surface area (Å²) < 4.78 is 5.46. The average molecular weight is 380 g/mol. The monoisotopic (exact) mass is 379 g/mol. The highest BCUT2D eigenvalue weighted by Gasteiger charge is 2.26. The lowest BCUT2D eigenvalue weighted by molar-refractivity contribution is 0.164. The molecule has 0 amide bonds. The molecule has 4 rings (SSSR count). The Morgan fingerprint density at radius 3 is 2.57 bits per heavy atom. The van der Waals surface area contributed by atoms with Gasteiger partial charge >= 0.3 is 0 Å². The molecular formula is C22H29N5O. The van der Waals surface area contributed by atoms with E-state index in [1.54, 1.807) is 0 Å². The van der Waals surface area contributed by atoms with Gasteiger partial charge in [-0.3, -0.25) is 9.88 Å². The molecule has 1 saturated heterocycles. The molecule has 6 nitrogen and oxygen atoms in total. The van der Waals surface area contributed by atoms with Crippen LogP contribution in [0.25, 0.3) is 10.9 Å². The highest BCUT2D eigenvalue weighted by atomic mass is 16.5. The van der Waals surface area contributed by atoms with Crippen molar-refractivity contribution in [3.8, 4) is 0 Å². The van der Waals surface area contributed by atoms with Gasteiger partial charge in [0, 0.05) is 49.4 Å². The zero-order chi connectivity index (χ0) is 19.5. The fourth-order valence-corrected chi connectivity index (χ4v) is 3.94. The number of aromatic nitrogens is 3. The summed E-state index contributed by atoms with van der Waals surface area (Å²) in [5.74, 6) is 1.51. The molecule has 2 aromatic heterocycles. The molecule has 28 heavy (non-hydrogen) atoms. The molecule has 3 aromatic rings. The number of benzene rings is 1. The van der Waals surface area contributed by atoms with Gasteiger partial charge in [0.1, 0.15) is 0 Å². The summed E-state index contributed by atoms with van der Waals surface area (Å²) in [6.45, 7) is 10.3.